The van der Waals surface area contributed by atoms with Crippen LogP contribution in [0.4, 0.5) is 0 Å². The number of rotatable bonds is 6. The molecule has 0 N–H and O–H groups in total. The van der Waals surface area contributed by atoms with Crippen molar-refractivity contribution in [3.8, 4) is 0 Å². The van der Waals surface area contributed by atoms with Crippen molar-refractivity contribution in [2.24, 2.45) is 5.92 Å². The van der Waals surface area contributed by atoms with Gasteiger partial charge in [0.25, 0.3) is 0 Å². The molecule has 0 spiro atoms. The highest BCUT2D eigenvalue weighted by atomic mass is 35.5. The summed E-state index contributed by atoms with van der Waals surface area (Å²) in [7, 11) is 0. The molecule has 0 aromatic rings. The molecule has 1 rings (SSSR count). The van der Waals surface area contributed by atoms with Crippen LogP contribution in [0.3, 0.4) is 0 Å². The Hall–Kier alpha value is 0.210. The zero-order chi connectivity index (χ0) is 9.52. The van der Waals surface area contributed by atoms with Gasteiger partial charge in [-0.25, -0.2) is 0 Å². The average molecular weight is 206 g/mol. The third-order valence-corrected chi connectivity index (χ3v) is 2.86. The summed E-state index contributed by atoms with van der Waals surface area (Å²) < 4.78 is 5.32. The molecule has 13 heavy (non-hydrogen) atoms. The van der Waals surface area contributed by atoms with Crippen LogP contribution >= 0.6 is 11.6 Å². The lowest BCUT2D eigenvalue weighted by Gasteiger charge is -2.15. The Balaban J connectivity index is 2.03. The van der Waals surface area contributed by atoms with E-state index in [0.717, 1.165) is 31.6 Å². The van der Waals surface area contributed by atoms with Crippen LogP contribution in [0, 0.1) is 5.92 Å². The van der Waals surface area contributed by atoms with E-state index >= 15 is 0 Å². The van der Waals surface area contributed by atoms with Crippen molar-refractivity contribution in [2.75, 3.05) is 38.7 Å². The Kier molecular flexibility index (Phi) is 5.76. The van der Waals surface area contributed by atoms with E-state index in [1.54, 1.807) is 0 Å². The quantitative estimate of drug-likeness (QED) is 0.486. The van der Waals surface area contributed by atoms with Gasteiger partial charge in [-0.05, 0) is 32.2 Å². The van der Waals surface area contributed by atoms with Gasteiger partial charge in [-0.15, -0.1) is 11.6 Å². The Morgan fingerprint density at radius 2 is 2.38 bits per heavy atom. The van der Waals surface area contributed by atoms with Gasteiger partial charge in [0.05, 0.1) is 6.61 Å². The van der Waals surface area contributed by atoms with E-state index in [1.807, 2.05) is 6.92 Å². The SMILES string of the molecule is CCOCCN1CCC(CCCl)C1. The average Bonchev–Trinajstić information content (AvgIpc) is 2.54. The first-order valence-electron chi connectivity index (χ1n) is 5.23. The minimum absolute atomic E-state index is 0.809. The summed E-state index contributed by atoms with van der Waals surface area (Å²) in [6.07, 6.45) is 2.49. The fourth-order valence-corrected chi connectivity index (χ4v) is 2.15. The number of likely N-dealkylation sites (tertiary alicyclic amines) is 1. The second-order valence-electron chi connectivity index (χ2n) is 3.63. The Morgan fingerprint density at radius 3 is 3.08 bits per heavy atom. The summed E-state index contributed by atoms with van der Waals surface area (Å²) in [5.74, 6) is 1.64. The van der Waals surface area contributed by atoms with Gasteiger partial charge in [-0.1, -0.05) is 0 Å². The molecule has 1 saturated heterocycles. The smallest absolute Gasteiger partial charge is 0.0593 e. The molecule has 0 bridgehead atoms. The zero-order valence-electron chi connectivity index (χ0n) is 8.47. The summed E-state index contributed by atoms with van der Waals surface area (Å²) >= 11 is 5.71. The van der Waals surface area contributed by atoms with Crippen molar-refractivity contribution in [2.45, 2.75) is 19.8 Å². The second kappa shape index (κ2) is 6.63. The molecule has 0 saturated carbocycles. The van der Waals surface area contributed by atoms with Gasteiger partial charge in [0, 0.05) is 25.6 Å². The van der Waals surface area contributed by atoms with Crippen molar-refractivity contribution in [3.63, 3.8) is 0 Å². The number of hydrogen-bond acceptors (Lipinski definition) is 2. The maximum atomic E-state index is 5.71. The fourth-order valence-electron chi connectivity index (χ4n) is 1.84. The van der Waals surface area contributed by atoms with Crippen molar-refractivity contribution in [1.29, 1.82) is 0 Å². The molecular formula is C10H20ClNO. The number of alkyl halides is 1. The molecule has 0 aromatic heterocycles. The molecule has 0 aliphatic carbocycles. The molecule has 1 unspecified atom stereocenters. The molecule has 0 amide bonds. The molecule has 1 fully saturated rings. The van der Waals surface area contributed by atoms with Gasteiger partial charge in [-0.3, -0.25) is 0 Å². The highest BCUT2D eigenvalue weighted by Gasteiger charge is 2.20. The topological polar surface area (TPSA) is 12.5 Å². The third kappa shape index (κ3) is 4.30. The number of halogens is 1. The maximum absolute atomic E-state index is 5.71. The molecule has 1 aliphatic rings. The van der Waals surface area contributed by atoms with Crippen molar-refractivity contribution < 1.29 is 4.74 Å². The van der Waals surface area contributed by atoms with Gasteiger partial charge in [0.2, 0.25) is 0 Å². The predicted molar refractivity (Wildman–Crippen MR) is 56.4 cm³/mol. The van der Waals surface area contributed by atoms with Crippen LogP contribution in [0.25, 0.3) is 0 Å². The summed E-state index contributed by atoms with van der Waals surface area (Å²) in [5.41, 5.74) is 0. The molecule has 1 aliphatic heterocycles. The largest absolute Gasteiger partial charge is 0.380 e. The monoisotopic (exact) mass is 205 g/mol. The molecule has 0 aromatic carbocycles. The maximum Gasteiger partial charge on any atom is 0.0593 e. The van der Waals surface area contributed by atoms with Crippen LogP contribution < -0.4 is 0 Å². The van der Waals surface area contributed by atoms with E-state index < -0.39 is 0 Å². The first-order valence-corrected chi connectivity index (χ1v) is 5.76. The lowest BCUT2D eigenvalue weighted by atomic mass is 10.1. The van der Waals surface area contributed by atoms with E-state index in [9.17, 15) is 0 Å². The third-order valence-electron chi connectivity index (χ3n) is 2.64. The lowest BCUT2D eigenvalue weighted by molar-refractivity contribution is 0.120. The van der Waals surface area contributed by atoms with Gasteiger partial charge in [0.1, 0.15) is 0 Å². The molecule has 1 heterocycles. The Labute approximate surface area is 86.2 Å². The van der Waals surface area contributed by atoms with E-state index in [-0.39, 0.29) is 0 Å². The van der Waals surface area contributed by atoms with Crippen molar-refractivity contribution in [3.05, 3.63) is 0 Å². The molecule has 1 atom stereocenters. The van der Waals surface area contributed by atoms with Gasteiger partial charge in [0.15, 0.2) is 0 Å². The number of ether oxygens (including phenoxy) is 1. The van der Waals surface area contributed by atoms with Gasteiger partial charge in [-0.2, -0.15) is 0 Å². The highest BCUT2D eigenvalue weighted by Crippen LogP contribution is 2.19. The van der Waals surface area contributed by atoms with E-state index in [4.69, 9.17) is 16.3 Å². The molecular weight excluding hydrogens is 186 g/mol. The Bertz CT molecular complexity index is 132. The van der Waals surface area contributed by atoms with E-state index in [1.165, 1.54) is 25.9 Å². The van der Waals surface area contributed by atoms with Crippen LogP contribution in [0.5, 0.6) is 0 Å². The van der Waals surface area contributed by atoms with E-state index in [0.29, 0.717) is 0 Å². The van der Waals surface area contributed by atoms with Crippen LogP contribution in [0.15, 0.2) is 0 Å². The normalized spacial score (nSPS) is 24.0. The summed E-state index contributed by atoms with van der Waals surface area (Å²) in [4.78, 5) is 2.48. The van der Waals surface area contributed by atoms with E-state index in [2.05, 4.69) is 4.90 Å². The summed E-state index contributed by atoms with van der Waals surface area (Å²) in [5, 5.41) is 0. The minimum Gasteiger partial charge on any atom is -0.380 e. The van der Waals surface area contributed by atoms with Crippen LogP contribution in [0.1, 0.15) is 19.8 Å². The van der Waals surface area contributed by atoms with Crippen LogP contribution in [-0.4, -0.2) is 43.6 Å². The van der Waals surface area contributed by atoms with Crippen LogP contribution in [0.2, 0.25) is 0 Å². The van der Waals surface area contributed by atoms with Gasteiger partial charge >= 0.3 is 0 Å². The molecule has 78 valence electrons. The van der Waals surface area contributed by atoms with Crippen molar-refractivity contribution in [1.82, 2.24) is 4.90 Å². The van der Waals surface area contributed by atoms with Crippen molar-refractivity contribution >= 4 is 11.6 Å². The lowest BCUT2D eigenvalue weighted by Crippen LogP contribution is -2.25. The van der Waals surface area contributed by atoms with Crippen LogP contribution in [-0.2, 0) is 4.74 Å². The zero-order valence-corrected chi connectivity index (χ0v) is 9.22. The number of hydrogen-bond donors (Lipinski definition) is 0. The summed E-state index contributed by atoms with van der Waals surface area (Å²) in [6, 6.07) is 0. The molecule has 0 radical (unpaired) electrons. The second-order valence-corrected chi connectivity index (χ2v) is 4.01. The minimum atomic E-state index is 0.809. The first kappa shape index (κ1) is 11.3. The molecule has 2 nitrogen and oxygen atoms in total. The first-order chi connectivity index (χ1) is 6.36. The Morgan fingerprint density at radius 1 is 1.54 bits per heavy atom. The number of nitrogens with zero attached hydrogens (tertiary/aromatic N) is 1. The summed E-state index contributed by atoms with van der Waals surface area (Å²) in [6.45, 7) is 7.30. The standard InChI is InChI=1S/C10H20ClNO/c1-2-13-8-7-12-6-4-10(9-12)3-5-11/h10H,2-9H2,1H3. The predicted octanol–water partition coefficient (Wildman–Crippen LogP) is 1.97. The van der Waals surface area contributed by atoms with Gasteiger partial charge < -0.3 is 9.64 Å². The molecule has 3 heteroatoms. The fraction of sp³-hybridized carbons (Fsp3) is 1.00. The highest BCUT2D eigenvalue weighted by molar-refractivity contribution is 6.17.